The molecule has 0 saturated heterocycles. The molecule has 19 heavy (non-hydrogen) atoms. The van der Waals surface area contributed by atoms with Crippen LogP contribution in [0.15, 0.2) is 18.2 Å². The van der Waals surface area contributed by atoms with Crippen LogP contribution in [0.1, 0.15) is 31.9 Å². The molecular weight excluding hydrogens is 245 g/mol. The van der Waals surface area contributed by atoms with Gasteiger partial charge >= 0.3 is 0 Å². The molecule has 0 spiro atoms. The molecular formula is C14H24FN3O. The van der Waals surface area contributed by atoms with Crippen LogP contribution in [0.5, 0.6) is 5.75 Å². The van der Waals surface area contributed by atoms with E-state index in [2.05, 4.69) is 24.2 Å². The largest absolute Gasteiger partial charge is 0.494 e. The number of nitrogens with one attached hydrogen (secondary N) is 1. The van der Waals surface area contributed by atoms with Crippen LogP contribution in [-0.2, 0) is 0 Å². The summed E-state index contributed by atoms with van der Waals surface area (Å²) < 4.78 is 18.8. The summed E-state index contributed by atoms with van der Waals surface area (Å²) in [6, 6.07) is 4.76. The number of rotatable bonds is 6. The van der Waals surface area contributed by atoms with Crippen molar-refractivity contribution in [3.63, 3.8) is 0 Å². The topological polar surface area (TPSA) is 50.5 Å². The van der Waals surface area contributed by atoms with E-state index in [9.17, 15) is 4.39 Å². The Morgan fingerprint density at radius 3 is 2.47 bits per heavy atom. The first-order chi connectivity index (χ1) is 8.90. The summed E-state index contributed by atoms with van der Waals surface area (Å²) in [7, 11) is 5.44. The van der Waals surface area contributed by atoms with Gasteiger partial charge in [0.25, 0.3) is 0 Å². The molecule has 0 fully saturated rings. The molecule has 0 bridgehead atoms. The Balaban J connectivity index is 3.20. The zero-order valence-electron chi connectivity index (χ0n) is 12.3. The quantitative estimate of drug-likeness (QED) is 0.613. The van der Waals surface area contributed by atoms with Crippen LogP contribution in [-0.4, -0.2) is 31.6 Å². The van der Waals surface area contributed by atoms with Crippen LogP contribution in [0.3, 0.4) is 0 Å². The van der Waals surface area contributed by atoms with Gasteiger partial charge in [0.05, 0.1) is 13.2 Å². The molecule has 0 saturated carbocycles. The zero-order valence-corrected chi connectivity index (χ0v) is 12.3. The molecule has 108 valence electrons. The lowest BCUT2D eigenvalue weighted by molar-refractivity contribution is 0.113. The number of benzene rings is 1. The van der Waals surface area contributed by atoms with Crippen molar-refractivity contribution in [1.29, 1.82) is 0 Å². The van der Waals surface area contributed by atoms with E-state index in [0.717, 1.165) is 12.0 Å². The number of hydrogen-bond acceptors (Lipinski definition) is 4. The summed E-state index contributed by atoms with van der Waals surface area (Å²) in [6.07, 6.45) is 0.877. The van der Waals surface area contributed by atoms with Crippen molar-refractivity contribution in [2.45, 2.75) is 31.8 Å². The summed E-state index contributed by atoms with van der Waals surface area (Å²) in [5.41, 5.74) is 3.40. The maximum absolute atomic E-state index is 13.8. The SMILES string of the molecule is CCC(C)(C(NN)c1ccc(OC)c(F)c1)N(C)C. The molecule has 2 atom stereocenters. The highest BCUT2D eigenvalue weighted by Gasteiger charge is 2.35. The van der Waals surface area contributed by atoms with E-state index in [1.807, 2.05) is 20.2 Å². The predicted octanol–water partition coefficient (Wildman–Crippen LogP) is 2.07. The highest BCUT2D eigenvalue weighted by atomic mass is 19.1. The van der Waals surface area contributed by atoms with Crippen molar-refractivity contribution in [2.24, 2.45) is 5.84 Å². The molecule has 5 heteroatoms. The van der Waals surface area contributed by atoms with Crippen LogP contribution in [0.4, 0.5) is 4.39 Å². The highest BCUT2D eigenvalue weighted by molar-refractivity contribution is 5.32. The molecule has 1 aromatic carbocycles. The van der Waals surface area contributed by atoms with Crippen LogP contribution < -0.4 is 16.0 Å². The third kappa shape index (κ3) is 3.05. The van der Waals surface area contributed by atoms with Gasteiger partial charge in [-0.3, -0.25) is 11.3 Å². The van der Waals surface area contributed by atoms with Crippen LogP contribution in [0.25, 0.3) is 0 Å². The average molecular weight is 269 g/mol. The van der Waals surface area contributed by atoms with Gasteiger partial charge in [-0.1, -0.05) is 13.0 Å². The first kappa shape index (κ1) is 15.9. The third-order valence-electron chi connectivity index (χ3n) is 4.04. The second-order valence-corrected chi connectivity index (χ2v) is 5.10. The van der Waals surface area contributed by atoms with E-state index in [1.165, 1.54) is 13.2 Å². The molecule has 0 aliphatic carbocycles. The van der Waals surface area contributed by atoms with Crippen molar-refractivity contribution >= 4 is 0 Å². The lowest BCUT2D eigenvalue weighted by Crippen LogP contribution is -2.53. The second-order valence-electron chi connectivity index (χ2n) is 5.10. The Morgan fingerprint density at radius 1 is 1.47 bits per heavy atom. The monoisotopic (exact) mass is 269 g/mol. The summed E-state index contributed by atoms with van der Waals surface area (Å²) in [4.78, 5) is 2.10. The Labute approximate surface area is 114 Å². The van der Waals surface area contributed by atoms with Gasteiger partial charge in [-0.2, -0.15) is 0 Å². The molecule has 1 aromatic rings. The van der Waals surface area contributed by atoms with Gasteiger partial charge in [-0.25, -0.2) is 4.39 Å². The van der Waals surface area contributed by atoms with Crippen LogP contribution in [0, 0.1) is 5.82 Å². The van der Waals surface area contributed by atoms with Crippen molar-refractivity contribution in [3.8, 4) is 5.75 Å². The van der Waals surface area contributed by atoms with E-state index in [0.29, 0.717) is 0 Å². The maximum Gasteiger partial charge on any atom is 0.165 e. The lowest BCUT2D eigenvalue weighted by atomic mass is 9.84. The van der Waals surface area contributed by atoms with Gasteiger partial charge in [0.1, 0.15) is 0 Å². The summed E-state index contributed by atoms with van der Waals surface area (Å²) in [5, 5.41) is 0. The van der Waals surface area contributed by atoms with Crippen molar-refractivity contribution in [3.05, 3.63) is 29.6 Å². The molecule has 1 rings (SSSR count). The second kappa shape index (κ2) is 6.32. The maximum atomic E-state index is 13.8. The minimum Gasteiger partial charge on any atom is -0.494 e. The Hall–Kier alpha value is -1.17. The molecule has 3 N–H and O–H groups in total. The van der Waals surface area contributed by atoms with Gasteiger partial charge in [-0.15, -0.1) is 0 Å². The number of nitrogens with two attached hydrogens (primary N) is 1. The fourth-order valence-corrected chi connectivity index (χ4v) is 2.28. The highest BCUT2D eigenvalue weighted by Crippen LogP contribution is 2.33. The van der Waals surface area contributed by atoms with E-state index < -0.39 is 0 Å². The first-order valence-electron chi connectivity index (χ1n) is 6.37. The molecule has 0 amide bonds. The average Bonchev–Trinajstić information content (AvgIpc) is 2.39. The number of hydrazine groups is 1. The number of likely N-dealkylation sites (N-methyl/N-ethyl adjacent to an activating group) is 1. The minimum absolute atomic E-state index is 0.173. The van der Waals surface area contributed by atoms with Gasteiger partial charge in [0.2, 0.25) is 0 Å². The van der Waals surface area contributed by atoms with Crippen LogP contribution in [0.2, 0.25) is 0 Å². The number of methoxy groups -OCH3 is 1. The number of halogens is 1. The minimum atomic E-state index is -0.377. The lowest BCUT2D eigenvalue weighted by Gasteiger charge is -2.42. The fourth-order valence-electron chi connectivity index (χ4n) is 2.28. The molecule has 0 heterocycles. The Kier molecular flexibility index (Phi) is 5.29. The van der Waals surface area contributed by atoms with E-state index in [1.54, 1.807) is 6.07 Å². The molecule has 0 aliphatic heterocycles. The van der Waals surface area contributed by atoms with Gasteiger partial charge in [-0.05, 0) is 45.1 Å². The smallest absolute Gasteiger partial charge is 0.165 e. The molecule has 2 unspecified atom stereocenters. The Bertz CT molecular complexity index is 425. The fraction of sp³-hybridized carbons (Fsp3) is 0.571. The summed E-state index contributed by atoms with van der Waals surface area (Å²) >= 11 is 0. The van der Waals surface area contributed by atoms with Crippen molar-refractivity contribution < 1.29 is 9.13 Å². The summed E-state index contributed by atoms with van der Waals surface area (Å²) in [6.45, 7) is 4.18. The van der Waals surface area contributed by atoms with E-state index >= 15 is 0 Å². The van der Waals surface area contributed by atoms with Gasteiger partial charge in [0.15, 0.2) is 11.6 Å². The number of ether oxygens (including phenoxy) is 1. The van der Waals surface area contributed by atoms with Crippen molar-refractivity contribution in [2.75, 3.05) is 21.2 Å². The standard InChI is InChI=1S/C14H24FN3O/c1-6-14(2,18(3)4)13(17-16)10-7-8-12(19-5)11(15)9-10/h7-9,13,17H,6,16H2,1-5H3. The molecule has 0 aromatic heterocycles. The van der Waals surface area contributed by atoms with Crippen molar-refractivity contribution in [1.82, 2.24) is 10.3 Å². The van der Waals surface area contributed by atoms with Crippen LogP contribution >= 0.6 is 0 Å². The number of nitrogens with zero attached hydrogens (tertiary/aromatic N) is 1. The van der Waals surface area contributed by atoms with E-state index in [-0.39, 0.29) is 23.1 Å². The molecule has 0 aliphatic rings. The Morgan fingerprint density at radius 2 is 2.11 bits per heavy atom. The molecule has 0 radical (unpaired) electrons. The third-order valence-corrected chi connectivity index (χ3v) is 4.04. The normalized spacial score (nSPS) is 16.2. The van der Waals surface area contributed by atoms with E-state index in [4.69, 9.17) is 10.6 Å². The first-order valence-corrected chi connectivity index (χ1v) is 6.37. The zero-order chi connectivity index (χ0) is 14.6. The number of hydrogen-bond donors (Lipinski definition) is 2. The van der Waals surface area contributed by atoms with Gasteiger partial charge in [0, 0.05) is 5.54 Å². The van der Waals surface area contributed by atoms with Gasteiger partial charge < -0.3 is 9.64 Å². The summed E-state index contributed by atoms with van der Waals surface area (Å²) in [5.74, 6) is 5.56. The predicted molar refractivity (Wildman–Crippen MR) is 75.4 cm³/mol. The molecule has 4 nitrogen and oxygen atoms in total.